The van der Waals surface area contributed by atoms with E-state index in [1.165, 1.54) is 0 Å². The number of ether oxygens (including phenoxy) is 1. The molecule has 6 nitrogen and oxygen atoms in total. The van der Waals surface area contributed by atoms with E-state index in [0.717, 1.165) is 19.3 Å². The van der Waals surface area contributed by atoms with Gasteiger partial charge in [-0.25, -0.2) is 9.59 Å². The first-order valence-corrected chi connectivity index (χ1v) is 8.17. The minimum Gasteiger partial charge on any atom is -0.480 e. The number of rotatable bonds is 10. The molecule has 0 saturated heterocycles. The molecule has 0 aliphatic heterocycles. The Labute approximate surface area is 124 Å². The molecule has 0 aromatic carbocycles. The number of carbonyl (C=O) groups is 2. The number of carbonyl (C=O) groups excluding carboxylic acids is 1. The van der Waals surface area contributed by atoms with Crippen LogP contribution in [0.15, 0.2) is 0 Å². The monoisotopic (exact) mass is 304 g/mol. The highest BCUT2D eigenvalue weighted by Gasteiger charge is 2.42. The number of amides is 2. The lowest BCUT2D eigenvalue weighted by atomic mass is 10.0. The van der Waals surface area contributed by atoms with Crippen LogP contribution in [-0.2, 0) is 9.53 Å². The zero-order valence-electron chi connectivity index (χ0n) is 12.1. The molecule has 0 bridgehead atoms. The van der Waals surface area contributed by atoms with Gasteiger partial charge in [-0.05, 0) is 43.1 Å². The van der Waals surface area contributed by atoms with Gasteiger partial charge < -0.3 is 20.5 Å². The highest BCUT2D eigenvalue weighted by atomic mass is 32.2. The summed E-state index contributed by atoms with van der Waals surface area (Å²) < 4.78 is 5.06. The molecule has 1 fully saturated rings. The molecule has 0 aromatic rings. The summed E-state index contributed by atoms with van der Waals surface area (Å²) >= 11 is 1.56. The molecule has 3 N–H and O–H groups in total. The molecule has 1 rings (SSSR count). The molecule has 1 aliphatic rings. The number of carboxylic acids is 1. The molecule has 0 unspecified atom stereocenters. The zero-order valence-corrected chi connectivity index (χ0v) is 12.9. The number of nitrogens with one attached hydrogen (secondary N) is 2. The largest absolute Gasteiger partial charge is 0.480 e. The molecule has 1 atom stereocenters. The maximum atomic E-state index is 11.7. The lowest BCUT2D eigenvalue weighted by Gasteiger charge is -2.18. The van der Waals surface area contributed by atoms with E-state index < -0.39 is 18.0 Å². The van der Waals surface area contributed by atoms with Gasteiger partial charge in [-0.15, -0.1) is 0 Å². The predicted molar refractivity (Wildman–Crippen MR) is 79.1 cm³/mol. The summed E-state index contributed by atoms with van der Waals surface area (Å²) in [7, 11) is 1.67. The Morgan fingerprint density at radius 3 is 2.65 bits per heavy atom. The van der Waals surface area contributed by atoms with Crippen LogP contribution in [-0.4, -0.2) is 55.4 Å². The molecule has 2 amide bonds. The fourth-order valence-corrected chi connectivity index (χ4v) is 2.45. The number of methoxy groups -OCH3 is 1. The van der Waals surface area contributed by atoms with Crippen molar-refractivity contribution in [3.63, 3.8) is 0 Å². The third-order valence-electron chi connectivity index (χ3n) is 3.63. The van der Waals surface area contributed by atoms with Gasteiger partial charge in [0.15, 0.2) is 0 Å². The van der Waals surface area contributed by atoms with Crippen molar-refractivity contribution in [3.8, 4) is 0 Å². The summed E-state index contributed by atoms with van der Waals surface area (Å²) in [6, 6.07) is -1.22. The number of carboxylic acid groups (broad SMARTS) is 1. The van der Waals surface area contributed by atoms with Crippen molar-refractivity contribution in [2.45, 2.75) is 31.7 Å². The van der Waals surface area contributed by atoms with Crippen LogP contribution in [0.4, 0.5) is 4.79 Å². The van der Waals surface area contributed by atoms with Crippen LogP contribution >= 0.6 is 11.8 Å². The van der Waals surface area contributed by atoms with Gasteiger partial charge in [-0.1, -0.05) is 0 Å². The van der Waals surface area contributed by atoms with Gasteiger partial charge >= 0.3 is 12.0 Å². The maximum Gasteiger partial charge on any atom is 0.326 e. The Balaban J connectivity index is 2.29. The summed E-state index contributed by atoms with van der Waals surface area (Å²) in [5.41, 5.74) is 0.158. The van der Waals surface area contributed by atoms with Crippen molar-refractivity contribution >= 4 is 23.8 Å². The number of hydrogen-bond donors (Lipinski definition) is 3. The van der Waals surface area contributed by atoms with Gasteiger partial charge in [-0.3, -0.25) is 0 Å². The Morgan fingerprint density at radius 2 is 2.15 bits per heavy atom. The lowest BCUT2D eigenvalue weighted by Crippen LogP contribution is -2.47. The first kappa shape index (κ1) is 17.1. The van der Waals surface area contributed by atoms with E-state index in [0.29, 0.717) is 25.3 Å². The summed E-state index contributed by atoms with van der Waals surface area (Å²) in [5.74, 6) is -0.288. The van der Waals surface area contributed by atoms with Gasteiger partial charge in [0, 0.05) is 20.3 Å². The third kappa shape index (κ3) is 6.00. The van der Waals surface area contributed by atoms with E-state index in [1.54, 1.807) is 18.9 Å². The third-order valence-corrected chi connectivity index (χ3v) is 4.28. The van der Waals surface area contributed by atoms with Crippen molar-refractivity contribution < 1.29 is 19.4 Å². The second-order valence-corrected chi connectivity index (χ2v) is 6.23. The van der Waals surface area contributed by atoms with Crippen molar-refractivity contribution in [2.24, 2.45) is 5.41 Å². The van der Waals surface area contributed by atoms with Crippen LogP contribution in [0.3, 0.4) is 0 Å². The molecule has 7 heteroatoms. The number of hydrogen-bond acceptors (Lipinski definition) is 4. The lowest BCUT2D eigenvalue weighted by molar-refractivity contribution is -0.139. The molecule has 0 spiro atoms. The summed E-state index contributed by atoms with van der Waals surface area (Å²) in [6.45, 7) is 1.27. The second-order valence-electron chi connectivity index (χ2n) is 5.24. The van der Waals surface area contributed by atoms with Gasteiger partial charge in [0.1, 0.15) is 6.04 Å². The Bertz CT molecular complexity index is 334. The Kier molecular flexibility index (Phi) is 7.15. The summed E-state index contributed by atoms with van der Waals surface area (Å²) in [5, 5.41) is 14.3. The minimum atomic E-state index is -0.991. The molecule has 116 valence electrons. The van der Waals surface area contributed by atoms with Crippen molar-refractivity contribution in [1.29, 1.82) is 0 Å². The van der Waals surface area contributed by atoms with Crippen molar-refractivity contribution in [3.05, 3.63) is 0 Å². The topological polar surface area (TPSA) is 87.7 Å². The minimum absolute atomic E-state index is 0.158. The van der Waals surface area contributed by atoms with Crippen LogP contribution in [0.1, 0.15) is 25.7 Å². The van der Waals surface area contributed by atoms with Crippen LogP contribution in [0, 0.1) is 5.41 Å². The van der Waals surface area contributed by atoms with Gasteiger partial charge in [0.25, 0.3) is 0 Å². The molecule has 1 aliphatic carbocycles. The molecule has 1 saturated carbocycles. The number of urea groups is 1. The fourth-order valence-electron chi connectivity index (χ4n) is 1.98. The van der Waals surface area contributed by atoms with Crippen LogP contribution in [0.5, 0.6) is 0 Å². The van der Waals surface area contributed by atoms with Crippen LogP contribution in [0.25, 0.3) is 0 Å². The number of thioether (sulfide) groups is 1. The highest BCUT2D eigenvalue weighted by molar-refractivity contribution is 7.98. The summed E-state index contributed by atoms with van der Waals surface area (Å²) in [4.78, 5) is 22.8. The zero-order chi connectivity index (χ0) is 15.0. The molecular formula is C13H24N2O4S. The van der Waals surface area contributed by atoms with Gasteiger partial charge in [-0.2, -0.15) is 11.8 Å². The predicted octanol–water partition coefficient (Wildman–Crippen LogP) is 1.31. The average molecular weight is 304 g/mol. The van der Waals surface area contributed by atoms with E-state index in [4.69, 9.17) is 9.84 Å². The molecule has 0 aromatic heterocycles. The van der Waals surface area contributed by atoms with Gasteiger partial charge in [0.2, 0.25) is 0 Å². The molecule has 0 radical (unpaired) electrons. The molecule has 0 heterocycles. The van der Waals surface area contributed by atoms with Crippen molar-refractivity contribution in [1.82, 2.24) is 10.6 Å². The van der Waals surface area contributed by atoms with Gasteiger partial charge in [0.05, 0.1) is 0 Å². The Morgan fingerprint density at radius 1 is 1.45 bits per heavy atom. The SMILES string of the molecule is COCCC1(CNC(=O)N[C@H](CCSC)C(=O)O)CC1. The highest BCUT2D eigenvalue weighted by Crippen LogP contribution is 2.48. The molecule has 20 heavy (non-hydrogen) atoms. The van der Waals surface area contributed by atoms with E-state index in [9.17, 15) is 9.59 Å². The standard InChI is InChI=1S/C13H24N2O4S/c1-19-7-6-13(4-5-13)9-14-12(18)15-10(11(16)17)3-8-20-2/h10H,3-9H2,1-2H3,(H,16,17)(H2,14,15,18)/t10-/m1/s1. The van der Waals surface area contributed by atoms with E-state index in [2.05, 4.69) is 10.6 Å². The second kappa shape index (κ2) is 8.36. The normalized spacial score (nSPS) is 17.3. The molecular weight excluding hydrogens is 280 g/mol. The Hall–Kier alpha value is -0.950. The van der Waals surface area contributed by atoms with E-state index in [-0.39, 0.29) is 5.41 Å². The average Bonchev–Trinajstić information content (AvgIpc) is 3.19. The quantitative estimate of drug-likeness (QED) is 0.566. The van der Waals surface area contributed by atoms with Crippen molar-refractivity contribution in [2.75, 3.05) is 32.3 Å². The first-order valence-electron chi connectivity index (χ1n) is 6.78. The maximum absolute atomic E-state index is 11.7. The van der Waals surface area contributed by atoms with Crippen LogP contribution < -0.4 is 10.6 Å². The summed E-state index contributed by atoms with van der Waals surface area (Å²) in [6.07, 6.45) is 5.44. The van der Waals surface area contributed by atoms with E-state index in [1.807, 2.05) is 6.26 Å². The van der Waals surface area contributed by atoms with E-state index >= 15 is 0 Å². The smallest absolute Gasteiger partial charge is 0.326 e. The van der Waals surface area contributed by atoms with Crippen LogP contribution in [0.2, 0.25) is 0 Å². The fraction of sp³-hybridized carbons (Fsp3) is 0.846. The number of aliphatic carboxylic acids is 1. The first-order chi connectivity index (χ1) is 9.53.